The number of rotatable bonds is 3. The maximum Gasteiger partial charge on any atom is 0.225 e. The Kier molecular flexibility index (Phi) is 6.68. The van der Waals surface area contributed by atoms with Crippen LogP contribution in [0.1, 0.15) is 6.42 Å². The first kappa shape index (κ1) is 14.5. The second kappa shape index (κ2) is 6.90. The zero-order valence-corrected chi connectivity index (χ0v) is 10.1. The van der Waals surface area contributed by atoms with Crippen LogP contribution in [0.2, 0.25) is 10.0 Å². The largest absolute Gasteiger partial charge is 0.330 e. The third-order valence-electron chi connectivity index (χ3n) is 1.57. The van der Waals surface area contributed by atoms with Gasteiger partial charge in [0.15, 0.2) is 0 Å². The van der Waals surface area contributed by atoms with Gasteiger partial charge in [-0.25, -0.2) is 0 Å². The molecular weight excluding hydrogens is 258 g/mol. The first-order chi connectivity index (χ1) is 6.63. The quantitative estimate of drug-likeness (QED) is 0.886. The first-order valence-corrected chi connectivity index (χ1v) is 4.84. The van der Waals surface area contributed by atoms with Gasteiger partial charge in [-0.15, -0.1) is 12.4 Å². The van der Waals surface area contributed by atoms with Gasteiger partial charge in [-0.2, -0.15) is 0 Å². The Hall–Kier alpha value is -0.480. The minimum Gasteiger partial charge on any atom is -0.330 e. The first-order valence-electron chi connectivity index (χ1n) is 4.08. The third-order valence-corrected chi connectivity index (χ3v) is 2.31. The highest BCUT2D eigenvalue weighted by Crippen LogP contribution is 2.24. The van der Waals surface area contributed by atoms with E-state index in [9.17, 15) is 4.79 Å². The average Bonchev–Trinajstić information content (AvgIpc) is 2.12. The number of amides is 1. The van der Waals surface area contributed by atoms with Gasteiger partial charge in [-0.3, -0.25) is 4.79 Å². The molecule has 3 N–H and O–H groups in total. The Morgan fingerprint density at radius 1 is 1.33 bits per heavy atom. The molecule has 15 heavy (non-hydrogen) atoms. The molecule has 1 aromatic rings. The number of carbonyl (C=O) groups is 1. The average molecular weight is 270 g/mol. The molecule has 84 valence electrons. The van der Waals surface area contributed by atoms with E-state index in [1.54, 1.807) is 18.2 Å². The molecule has 0 fully saturated rings. The summed E-state index contributed by atoms with van der Waals surface area (Å²) >= 11 is 11.5. The van der Waals surface area contributed by atoms with Crippen LogP contribution in [0.15, 0.2) is 18.2 Å². The molecule has 0 atom stereocenters. The van der Waals surface area contributed by atoms with Gasteiger partial charge >= 0.3 is 0 Å². The predicted octanol–water partition coefficient (Wildman–Crippen LogP) is 2.70. The highest BCUT2D eigenvalue weighted by atomic mass is 35.5. The van der Waals surface area contributed by atoms with Crippen molar-refractivity contribution >= 4 is 47.2 Å². The van der Waals surface area contributed by atoms with Crippen LogP contribution >= 0.6 is 35.6 Å². The van der Waals surface area contributed by atoms with Crippen molar-refractivity contribution in [1.29, 1.82) is 0 Å². The monoisotopic (exact) mass is 268 g/mol. The Labute approximate surface area is 104 Å². The maximum atomic E-state index is 11.1. The van der Waals surface area contributed by atoms with Crippen LogP contribution < -0.4 is 11.1 Å². The van der Waals surface area contributed by atoms with Crippen LogP contribution in [0.4, 0.5) is 5.69 Å². The van der Waals surface area contributed by atoms with Crippen molar-refractivity contribution < 1.29 is 4.79 Å². The smallest absolute Gasteiger partial charge is 0.225 e. The van der Waals surface area contributed by atoms with Gasteiger partial charge in [-0.05, 0) is 18.2 Å². The zero-order chi connectivity index (χ0) is 10.6. The molecular formula is C9H11Cl3N2O. The summed E-state index contributed by atoms with van der Waals surface area (Å²) in [5.41, 5.74) is 5.85. The van der Waals surface area contributed by atoms with Crippen LogP contribution in [0.3, 0.4) is 0 Å². The van der Waals surface area contributed by atoms with E-state index < -0.39 is 0 Å². The summed E-state index contributed by atoms with van der Waals surface area (Å²) in [5.74, 6) is -0.133. The second-order valence-corrected chi connectivity index (χ2v) is 3.53. The van der Waals surface area contributed by atoms with Gasteiger partial charge in [0.25, 0.3) is 0 Å². The van der Waals surface area contributed by atoms with E-state index in [1.165, 1.54) is 0 Å². The number of halogens is 3. The lowest BCUT2D eigenvalue weighted by molar-refractivity contribution is -0.116. The van der Waals surface area contributed by atoms with Crippen molar-refractivity contribution in [2.75, 3.05) is 11.9 Å². The summed E-state index contributed by atoms with van der Waals surface area (Å²) in [7, 11) is 0. The highest BCUT2D eigenvalue weighted by molar-refractivity contribution is 6.42. The molecule has 0 heterocycles. The standard InChI is InChI=1S/C9H10Cl2N2O.ClH/c10-7-2-1-6(5-8(7)11)13-9(14)3-4-12;/h1-2,5H,3-4,12H2,(H,13,14);1H. The fourth-order valence-corrected chi connectivity index (χ4v) is 1.23. The van der Waals surface area contributed by atoms with Crippen molar-refractivity contribution in [3.63, 3.8) is 0 Å². The van der Waals surface area contributed by atoms with Gasteiger partial charge in [0.1, 0.15) is 0 Å². The Balaban J connectivity index is 0.00000196. The van der Waals surface area contributed by atoms with E-state index in [0.717, 1.165) is 0 Å². The minimum atomic E-state index is -0.133. The van der Waals surface area contributed by atoms with Crippen molar-refractivity contribution in [2.24, 2.45) is 5.73 Å². The molecule has 6 heteroatoms. The summed E-state index contributed by atoms with van der Waals surface area (Å²) in [5, 5.41) is 3.52. The van der Waals surface area contributed by atoms with Crippen LogP contribution in [-0.2, 0) is 4.79 Å². The van der Waals surface area contributed by atoms with Crippen LogP contribution in [0.25, 0.3) is 0 Å². The van der Waals surface area contributed by atoms with Crippen LogP contribution in [-0.4, -0.2) is 12.5 Å². The van der Waals surface area contributed by atoms with Crippen molar-refractivity contribution in [3.05, 3.63) is 28.2 Å². The lowest BCUT2D eigenvalue weighted by Crippen LogP contribution is -2.16. The SMILES string of the molecule is Cl.NCCC(=O)Nc1ccc(Cl)c(Cl)c1. The summed E-state index contributed by atoms with van der Waals surface area (Å²) < 4.78 is 0. The molecule has 0 saturated carbocycles. The normalized spacial score (nSPS) is 9.27. The number of nitrogens with one attached hydrogen (secondary N) is 1. The van der Waals surface area contributed by atoms with Crippen molar-refractivity contribution in [3.8, 4) is 0 Å². The molecule has 1 aromatic carbocycles. The van der Waals surface area contributed by atoms with Gasteiger partial charge in [0, 0.05) is 18.7 Å². The number of benzene rings is 1. The topological polar surface area (TPSA) is 55.1 Å². The van der Waals surface area contributed by atoms with E-state index in [1.807, 2.05) is 0 Å². The fraction of sp³-hybridized carbons (Fsp3) is 0.222. The number of hydrogen-bond acceptors (Lipinski definition) is 2. The maximum absolute atomic E-state index is 11.1. The van der Waals surface area contributed by atoms with Crippen molar-refractivity contribution in [2.45, 2.75) is 6.42 Å². The highest BCUT2D eigenvalue weighted by Gasteiger charge is 2.02. The lowest BCUT2D eigenvalue weighted by atomic mass is 10.3. The van der Waals surface area contributed by atoms with E-state index in [-0.39, 0.29) is 18.3 Å². The van der Waals surface area contributed by atoms with Crippen LogP contribution in [0.5, 0.6) is 0 Å². The molecule has 0 radical (unpaired) electrons. The number of anilines is 1. The summed E-state index contributed by atoms with van der Waals surface area (Å²) in [6.07, 6.45) is 0.292. The summed E-state index contributed by atoms with van der Waals surface area (Å²) in [6, 6.07) is 4.91. The molecule has 0 aliphatic carbocycles. The van der Waals surface area contributed by atoms with E-state index >= 15 is 0 Å². The Morgan fingerprint density at radius 3 is 2.53 bits per heavy atom. The minimum absolute atomic E-state index is 0. The molecule has 1 rings (SSSR count). The summed E-state index contributed by atoms with van der Waals surface area (Å²) in [6.45, 7) is 0.327. The molecule has 0 aliphatic rings. The second-order valence-electron chi connectivity index (χ2n) is 2.72. The molecule has 0 bridgehead atoms. The summed E-state index contributed by atoms with van der Waals surface area (Å²) in [4.78, 5) is 11.1. The van der Waals surface area contributed by atoms with Gasteiger partial charge < -0.3 is 11.1 Å². The number of nitrogens with two attached hydrogens (primary N) is 1. The van der Waals surface area contributed by atoms with Gasteiger partial charge in [0.05, 0.1) is 10.0 Å². The Bertz CT molecular complexity index is 344. The van der Waals surface area contributed by atoms with E-state index in [2.05, 4.69) is 5.32 Å². The van der Waals surface area contributed by atoms with Gasteiger partial charge in [0.2, 0.25) is 5.91 Å². The van der Waals surface area contributed by atoms with Crippen molar-refractivity contribution in [1.82, 2.24) is 0 Å². The molecule has 0 unspecified atom stereocenters. The Morgan fingerprint density at radius 2 is 2.00 bits per heavy atom. The zero-order valence-electron chi connectivity index (χ0n) is 7.80. The molecule has 3 nitrogen and oxygen atoms in total. The molecule has 0 aromatic heterocycles. The molecule has 1 amide bonds. The van der Waals surface area contributed by atoms with E-state index in [0.29, 0.717) is 28.7 Å². The van der Waals surface area contributed by atoms with Crippen LogP contribution in [0, 0.1) is 0 Å². The predicted molar refractivity (Wildman–Crippen MR) is 66.0 cm³/mol. The number of hydrogen-bond donors (Lipinski definition) is 2. The number of carbonyl (C=O) groups excluding carboxylic acids is 1. The fourth-order valence-electron chi connectivity index (χ4n) is 0.928. The molecule has 0 saturated heterocycles. The third kappa shape index (κ3) is 4.71. The molecule has 0 spiro atoms. The van der Waals surface area contributed by atoms with E-state index in [4.69, 9.17) is 28.9 Å². The molecule has 0 aliphatic heterocycles. The van der Waals surface area contributed by atoms with Gasteiger partial charge in [-0.1, -0.05) is 23.2 Å². The lowest BCUT2D eigenvalue weighted by Gasteiger charge is -2.04.